The van der Waals surface area contributed by atoms with E-state index in [1.54, 1.807) is 33.7 Å². The summed E-state index contributed by atoms with van der Waals surface area (Å²) in [7, 11) is 0. The molecule has 7 nitrogen and oxygen atoms in total. The Labute approximate surface area is 225 Å². The monoisotopic (exact) mass is 576 g/mol. The number of hydrogen-bond donors (Lipinski definition) is 1. The molecular weight excluding hydrogens is 544 g/mol. The molecular formula is C27H33BrN2O5S. The van der Waals surface area contributed by atoms with Gasteiger partial charge >= 0.3 is 5.97 Å². The van der Waals surface area contributed by atoms with Crippen LogP contribution in [0.2, 0.25) is 0 Å². The van der Waals surface area contributed by atoms with Gasteiger partial charge in [0, 0.05) is 36.3 Å². The summed E-state index contributed by atoms with van der Waals surface area (Å²) >= 11 is 5.34. The molecule has 2 bridgehead atoms. The molecule has 3 aliphatic heterocycles. The molecule has 3 aliphatic rings. The Morgan fingerprint density at radius 2 is 2.03 bits per heavy atom. The summed E-state index contributed by atoms with van der Waals surface area (Å²) in [6, 6.07) is 8.99. The first-order chi connectivity index (χ1) is 17.4. The first-order valence-electron chi connectivity index (χ1n) is 12.3. The first-order valence-corrected chi connectivity index (χ1v) is 14.1. The fourth-order valence-electron chi connectivity index (χ4n) is 5.86. The highest BCUT2D eigenvalue weighted by Gasteiger charge is 2.76. The topological polar surface area (TPSA) is 87.2 Å². The van der Waals surface area contributed by atoms with E-state index in [0.29, 0.717) is 32.4 Å². The number of aliphatic hydroxyl groups excluding tert-OH is 1. The van der Waals surface area contributed by atoms with Crippen molar-refractivity contribution in [2.75, 3.05) is 26.3 Å². The molecule has 1 aromatic carbocycles. The Hall–Kier alpha value is -2.10. The van der Waals surface area contributed by atoms with Gasteiger partial charge in [0.1, 0.15) is 6.04 Å². The Morgan fingerprint density at radius 1 is 1.28 bits per heavy atom. The van der Waals surface area contributed by atoms with Gasteiger partial charge in [0.15, 0.2) is 0 Å². The van der Waals surface area contributed by atoms with Crippen molar-refractivity contribution in [3.63, 3.8) is 0 Å². The van der Waals surface area contributed by atoms with Crippen molar-refractivity contribution in [1.29, 1.82) is 0 Å². The average molecular weight is 578 g/mol. The van der Waals surface area contributed by atoms with Crippen LogP contribution < -0.4 is 0 Å². The number of ether oxygens (including phenoxy) is 1. The summed E-state index contributed by atoms with van der Waals surface area (Å²) in [5.41, 5.74) is 0.985. The molecule has 2 amide bonds. The van der Waals surface area contributed by atoms with E-state index >= 15 is 0 Å². The number of amides is 2. The number of fused-ring (bicyclic) bond motifs is 1. The zero-order chi connectivity index (χ0) is 25.9. The summed E-state index contributed by atoms with van der Waals surface area (Å²) in [5.74, 6) is -1.99. The van der Waals surface area contributed by atoms with E-state index < -0.39 is 22.6 Å². The van der Waals surface area contributed by atoms with Crippen LogP contribution in [0.5, 0.6) is 0 Å². The molecule has 1 N–H and O–H groups in total. The van der Waals surface area contributed by atoms with Crippen LogP contribution in [-0.2, 0) is 25.7 Å². The number of hydrogen-bond acceptors (Lipinski definition) is 6. The molecule has 3 fully saturated rings. The average Bonchev–Trinajstić information content (AvgIpc) is 3.46. The molecule has 3 saturated heterocycles. The molecule has 0 saturated carbocycles. The number of halogens is 1. The maximum absolute atomic E-state index is 14.2. The van der Waals surface area contributed by atoms with E-state index in [1.807, 2.05) is 30.3 Å². The highest BCUT2D eigenvalue weighted by Crippen LogP contribution is 2.68. The summed E-state index contributed by atoms with van der Waals surface area (Å²) in [6.45, 7) is 8.63. The minimum absolute atomic E-state index is 0.0152. The van der Waals surface area contributed by atoms with Crippen molar-refractivity contribution in [2.45, 2.75) is 46.7 Å². The van der Waals surface area contributed by atoms with Crippen molar-refractivity contribution in [2.24, 2.45) is 11.8 Å². The zero-order valence-electron chi connectivity index (χ0n) is 20.3. The number of nitrogens with zero attached hydrogens (tertiary/aromatic N) is 2. The standard InChI is InChI=1S/C27H33BrN2O5S/c1-3-5-15-35-26(34)20-21-24(32)30(13-9-14-31)23(27(21)16-19(28)22(20)36-27)25(33)29(12-4-2)17-18-10-7-6-8-11-18/h3-4,6-8,10-11,19-23,31H,1-2,5,9,12-17H2/t19?,20-,21+,22-,23?,27?/m1/s1. The predicted octanol–water partition coefficient (Wildman–Crippen LogP) is 3.17. The summed E-state index contributed by atoms with van der Waals surface area (Å²) in [6.07, 6.45) is 4.88. The van der Waals surface area contributed by atoms with E-state index in [4.69, 9.17) is 4.74 Å². The summed E-state index contributed by atoms with van der Waals surface area (Å²) in [4.78, 5) is 44.7. The molecule has 1 spiro atoms. The van der Waals surface area contributed by atoms with Crippen molar-refractivity contribution >= 4 is 45.5 Å². The third-order valence-corrected chi connectivity index (χ3v) is 10.5. The minimum atomic E-state index is -0.735. The molecule has 36 heavy (non-hydrogen) atoms. The van der Waals surface area contributed by atoms with E-state index in [1.165, 1.54) is 0 Å². The first kappa shape index (κ1) is 26.9. The maximum Gasteiger partial charge on any atom is 0.310 e. The number of likely N-dealkylation sites (tertiary alicyclic amines) is 1. The zero-order valence-corrected chi connectivity index (χ0v) is 22.7. The number of aliphatic hydroxyl groups is 1. The van der Waals surface area contributed by atoms with E-state index in [2.05, 4.69) is 29.1 Å². The molecule has 0 aliphatic carbocycles. The highest BCUT2D eigenvalue weighted by molar-refractivity contribution is 9.09. The van der Waals surface area contributed by atoms with Gasteiger partial charge in [-0.15, -0.1) is 24.9 Å². The SMILES string of the molecule is C=CCCOC(=O)[C@H]1[C@@H]2SC3(CC2Br)C(C(=O)N(CC=C)Cc2ccccc2)N(CCCO)C(=O)[C@H]13. The number of benzene rings is 1. The van der Waals surface area contributed by atoms with Crippen molar-refractivity contribution < 1.29 is 24.2 Å². The molecule has 6 atom stereocenters. The molecule has 0 aromatic heterocycles. The van der Waals surface area contributed by atoms with Crippen LogP contribution in [0.4, 0.5) is 0 Å². The fraction of sp³-hybridized carbons (Fsp3) is 0.519. The number of carbonyl (C=O) groups excluding carboxylic acids is 3. The second kappa shape index (κ2) is 11.5. The Morgan fingerprint density at radius 3 is 2.69 bits per heavy atom. The van der Waals surface area contributed by atoms with Crippen LogP contribution in [0.25, 0.3) is 0 Å². The largest absolute Gasteiger partial charge is 0.465 e. The van der Waals surface area contributed by atoms with Gasteiger partial charge in [-0.3, -0.25) is 14.4 Å². The van der Waals surface area contributed by atoms with Crippen LogP contribution >= 0.6 is 27.7 Å². The van der Waals surface area contributed by atoms with Crippen LogP contribution in [0, 0.1) is 11.8 Å². The second-order valence-corrected chi connectivity index (χ2v) is 12.2. The molecule has 194 valence electrons. The lowest BCUT2D eigenvalue weighted by Crippen LogP contribution is -2.55. The quantitative estimate of drug-likeness (QED) is 0.178. The third-order valence-electron chi connectivity index (χ3n) is 7.30. The molecule has 1 aromatic rings. The normalized spacial score (nSPS) is 30.2. The van der Waals surface area contributed by atoms with E-state index in [9.17, 15) is 19.5 Å². The molecule has 4 rings (SSSR count). The van der Waals surface area contributed by atoms with Gasteiger partial charge in [-0.2, -0.15) is 0 Å². The van der Waals surface area contributed by atoms with Crippen LogP contribution in [0.15, 0.2) is 55.6 Å². The van der Waals surface area contributed by atoms with Gasteiger partial charge in [0.05, 0.1) is 23.2 Å². The van der Waals surface area contributed by atoms with Gasteiger partial charge in [-0.25, -0.2) is 0 Å². The van der Waals surface area contributed by atoms with E-state index in [0.717, 1.165) is 5.56 Å². The number of rotatable bonds is 12. The maximum atomic E-state index is 14.2. The van der Waals surface area contributed by atoms with Gasteiger partial charge < -0.3 is 19.6 Å². The number of alkyl halides is 1. The van der Waals surface area contributed by atoms with Gasteiger partial charge in [0.25, 0.3) is 0 Å². The van der Waals surface area contributed by atoms with Crippen molar-refractivity contribution in [3.8, 4) is 0 Å². The molecule has 0 radical (unpaired) electrons. The van der Waals surface area contributed by atoms with Crippen molar-refractivity contribution in [3.05, 3.63) is 61.2 Å². The lowest BCUT2D eigenvalue weighted by molar-refractivity contribution is -0.154. The Balaban J connectivity index is 1.69. The lowest BCUT2D eigenvalue weighted by atomic mass is 9.71. The lowest BCUT2D eigenvalue weighted by Gasteiger charge is -2.37. The van der Waals surface area contributed by atoms with Gasteiger partial charge in [0.2, 0.25) is 11.8 Å². The molecule has 3 unspecified atom stereocenters. The highest BCUT2D eigenvalue weighted by atomic mass is 79.9. The van der Waals surface area contributed by atoms with Crippen LogP contribution in [-0.4, -0.2) is 79.9 Å². The second-order valence-electron chi connectivity index (χ2n) is 9.51. The smallest absolute Gasteiger partial charge is 0.310 e. The predicted molar refractivity (Wildman–Crippen MR) is 143 cm³/mol. The number of thioether (sulfide) groups is 1. The van der Waals surface area contributed by atoms with Gasteiger partial charge in [-0.1, -0.05) is 58.4 Å². The summed E-state index contributed by atoms with van der Waals surface area (Å²) in [5, 5.41) is 9.37. The van der Waals surface area contributed by atoms with Gasteiger partial charge in [-0.05, 0) is 24.8 Å². The van der Waals surface area contributed by atoms with Crippen LogP contribution in [0.3, 0.4) is 0 Å². The molecule has 9 heteroatoms. The number of carbonyl (C=O) groups is 3. The fourth-order valence-corrected chi connectivity index (χ4v) is 9.46. The minimum Gasteiger partial charge on any atom is -0.465 e. The molecule has 3 heterocycles. The Bertz CT molecular complexity index is 1010. The summed E-state index contributed by atoms with van der Waals surface area (Å²) < 4.78 is 4.80. The van der Waals surface area contributed by atoms with Crippen LogP contribution in [0.1, 0.15) is 24.8 Å². The third kappa shape index (κ3) is 4.77. The Kier molecular flexibility index (Phi) is 8.63. The van der Waals surface area contributed by atoms with E-state index in [-0.39, 0.29) is 47.6 Å². The van der Waals surface area contributed by atoms with Crippen molar-refractivity contribution in [1.82, 2.24) is 9.80 Å². The number of esters is 1.